The molecule has 0 bridgehead atoms. The Bertz CT molecular complexity index is 375. The van der Waals surface area contributed by atoms with Gasteiger partial charge in [-0.3, -0.25) is 4.68 Å². The molecule has 1 saturated carbocycles. The molecule has 2 unspecified atom stereocenters. The van der Waals surface area contributed by atoms with Gasteiger partial charge in [-0.15, -0.1) is 11.6 Å². The smallest absolute Gasteiger partial charge is 0.0625 e. The predicted molar refractivity (Wildman–Crippen MR) is 75.9 cm³/mol. The first-order valence-electron chi connectivity index (χ1n) is 7.05. The highest BCUT2D eigenvalue weighted by Crippen LogP contribution is 2.25. The van der Waals surface area contributed by atoms with Gasteiger partial charge in [0.1, 0.15) is 0 Å². The Morgan fingerprint density at radius 3 is 2.89 bits per heavy atom. The van der Waals surface area contributed by atoms with Gasteiger partial charge in [-0.1, -0.05) is 19.8 Å². The van der Waals surface area contributed by atoms with Crippen molar-refractivity contribution in [3.8, 4) is 0 Å². The Balaban J connectivity index is 1.91. The fraction of sp³-hybridized carbons (Fsp3) is 0.786. The highest BCUT2D eigenvalue weighted by molar-refractivity contribution is 6.18. The molecule has 1 fully saturated rings. The van der Waals surface area contributed by atoms with Crippen LogP contribution in [0.5, 0.6) is 0 Å². The molecule has 0 saturated heterocycles. The number of halogens is 1. The van der Waals surface area contributed by atoms with Crippen LogP contribution in [0.15, 0.2) is 6.07 Å². The zero-order chi connectivity index (χ0) is 13.0. The summed E-state index contributed by atoms with van der Waals surface area (Å²) in [5, 5.41) is 8.15. The van der Waals surface area contributed by atoms with E-state index in [0.29, 0.717) is 12.0 Å². The van der Waals surface area contributed by atoms with Crippen LogP contribution in [0.1, 0.15) is 44.0 Å². The first-order chi connectivity index (χ1) is 8.74. The minimum Gasteiger partial charge on any atom is -0.308 e. The van der Waals surface area contributed by atoms with Crippen molar-refractivity contribution in [1.82, 2.24) is 15.1 Å². The summed E-state index contributed by atoms with van der Waals surface area (Å²) in [6, 6.07) is 2.78. The van der Waals surface area contributed by atoms with E-state index in [2.05, 4.69) is 23.4 Å². The Labute approximate surface area is 115 Å². The maximum atomic E-state index is 6.06. The monoisotopic (exact) mass is 269 g/mol. The van der Waals surface area contributed by atoms with Gasteiger partial charge in [0, 0.05) is 25.5 Å². The van der Waals surface area contributed by atoms with Crippen molar-refractivity contribution in [3.63, 3.8) is 0 Å². The van der Waals surface area contributed by atoms with E-state index in [-0.39, 0.29) is 0 Å². The maximum absolute atomic E-state index is 6.06. The zero-order valence-corrected chi connectivity index (χ0v) is 12.2. The van der Waals surface area contributed by atoms with Gasteiger partial charge in [0.05, 0.1) is 11.4 Å². The molecule has 18 heavy (non-hydrogen) atoms. The molecule has 0 aliphatic heterocycles. The molecule has 0 aromatic carbocycles. The van der Waals surface area contributed by atoms with E-state index in [1.807, 2.05) is 11.7 Å². The topological polar surface area (TPSA) is 29.9 Å². The maximum Gasteiger partial charge on any atom is 0.0625 e. The fourth-order valence-electron chi connectivity index (χ4n) is 2.81. The molecular formula is C14H24ClN3. The summed E-state index contributed by atoms with van der Waals surface area (Å²) in [6.07, 6.45) is 6.20. The molecule has 1 aromatic rings. The van der Waals surface area contributed by atoms with Crippen molar-refractivity contribution in [2.75, 3.05) is 5.88 Å². The van der Waals surface area contributed by atoms with E-state index >= 15 is 0 Å². The number of rotatable bonds is 5. The molecule has 1 N–H and O–H groups in total. The Kier molecular flexibility index (Phi) is 5.07. The third-order valence-corrected chi connectivity index (χ3v) is 4.44. The molecule has 1 aliphatic carbocycles. The van der Waals surface area contributed by atoms with Crippen molar-refractivity contribution in [1.29, 1.82) is 0 Å². The lowest BCUT2D eigenvalue weighted by Crippen LogP contribution is -2.39. The molecule has 4 heteroatoms. The van der Waals surface area contributed by atoms with Gasteiger partial charge in [0.25, 0.3) is 0 Å². The average molecular weight is 270 g/mol. The zero-order valence-electron chi connectivity index (χ0n) is 11.5. The molecule has 1 aromatic heterocycles. The number of hydrogen-bond acceptors (Lipinski definition) is 2. The highest BCUT2D eigenvalue weighted by Gasteiger charge is 2.23. The van der Waals surface area contributed by atoms with E-state index in [0.717, 1.165) is 18.8 Å². The quantitative estimate of drug-likeness (QED) is 0.833. The standard InChI is InChI=1S/C14H24ClN3/c1-3-12-8-13(18(2)17-12)10-16-14-7-5-4-6-11(14)9-15/h8,11,14,16H,3-7,9-10H2,1-2H3. The molecule has 2 rings (SSSR count). The minimum absolute atomic E-state index is 0.580. The van der Waals surface area contributed by atoms with Crippen LogP contribution < -0.4 is 5.32 Å². The molecule has 2 atom stereocenters. The largest absolute Gasteiger partial charge is 0.308 e. The fourth-order valence-corrected chi connectivity index (χ4v) is 3.18. The predicted octanol–water partition coefficient (Wildman–Crippen LogP) is 2.87. The normalized spacial score (nSPS) is 24.4. The van der Waals surface area contributed by atoms with Gasteiger partial charge in [-0.05, 0) is 31.2 Å². The summed E-state index contributed by atoms with van der Waals surface area (Å²) in [5.74, 6) is 1.42. The number of nitrogens with zero attached hydrogens (tertiary/aromatic N) is 2. The van der Waals surface area contributed by atoms with Crippen molar-refractivity contribution in [2.45, 2.75) is 51.6 Å². The molecule has 0 amide bonds. The van der Waals surface area contributed by atoms with Crippen LogP contribution in [0.2, 0.25) is 0 Å². The second kappa shape index (κ2) is 6.58. The molecule has 1 heterocycles. The molecule has 1 aliphatic rings. The van der Waals surface area contributed by atoms with Gasteiger partial charge in [-0.25, -0.2) is 0 Å². The Morgan fingerprint density at radius 2 is 2.22 bits per heavy atom. The van der Waals surface area contributed by atoms with Crippen LogP contribution in [0, 0.1) is 5.92 Å². The van der Waals surface area contributed by atoms with Gasteiger partial charge in [-0.2, -0.15) is 5.10 Å². The van der Waals surface area contributed by atoms with E-state index in [1.54, 1.807) is 0 Å². The van der Waals surface area contributed by atoms with Crippen molar-refractivity contribution in [2.24, 2.45) is 13.0 Å². The summed E-state index contributed by atoms with van der Waals surface area (Å²) in [5.41, 5.74) is 2.44. The number of hydrogen-bond donors (Lipinski definition) is 1. The number of aromatic nitrogens is 2. The molecular weight excluding hydrogens is 246 g/mol. The summed E-state index contributed by atoms with van der Waals surface area (Å²) in [4.78, 5) is 0. The highest BCUT2D eigenvalue weighted by atomic mass is 35.5. The molecule has 102 valence electrons. The first kappa shape index (κ1) is 13.9. The van der Waals surface area contributed by atoms with Gasteiger partial charge in [0.2, 0.25) is 0 Å². The van der Waals surface area contributed by atoms with E-state index < -0.39 is 0 Å². The second-order valence-corrected chi connectivity index (χ2v) is 5.60. The molecule has 3 nitrogen and oxygen atoms in total. The molecule has 0 radical (unpaired) electrons. The van der Waals surface area contributed by atoms with Crippen LogP contribution in [0.25, 0.3) is 0 Å². The third kappa shape index (κ3) is 3.27. The summed E-state index contributed by atoms with van der Waals surface area (Å²) in [7, 11) is 2.02. The summed E-state index contributed by atoms with van der Waals surface area (Å²) < 4.78 is 1.99. The summed E-state index contributed by atoms with van der Waals surface area (Å²) in [6.45, 7) is 3.05. The second-order valence-electron chi connectivity index (χ2n) is 5.29. The van der Waals surface area contributed by atoms with Crippen LogP contribution in [0.3, 0.4) is 0 Å². The lowest BCUT2D eigenvalue weighted by Gasteiger charge is -2.31. The van der Waals surface area contributed by atoms with E-state index in [1.165, 1.54) is 37.1 Å². The van der Waals surface area contributed by atoms with Crippen molar-refractivity contribution in [3.05, 3.63) is 17.5 Å². The number of aryl methyl sites for hydroxylation is 2. The van der Waals surface area contributed by atoms with Gasteiger partial charge >= 0.3 is 0 Å². The molecule has 0 spiro atoms. The average Bonchev–Trinajstić information content (AvgIpc) is 2.77. The van der Waals surface area contributed by atoms with E-state index in [9.17, 15) is 0 Å². The van der Waals surface area contributed by atoms with Crippen LogP contribution >= 0.6 is 11.6 Å². The lowest BCUT2D eigenvalue weighted by molar-refractivity contribution is 0.280. The van der Waals surface area contributed by atoms with Crippen molar-refractivity contribution >= 4 is 11.6 Å². The van der Waals surface area contributed by atoms with Crippen LogP contribution in [0.4, 0.5) is 0 Å². The van der Waals surface area contributed by atoms with Crippen molar-refractivity contribution < 1.29 is 0 Å². The van der Waals surface area contributed by atoms with Crippen LogP contribution in [-0.2, 0) is 20.0 Å². The van der Waals surface area contributed by atoms with Gasteiger partial charge in [0.15, 0.2) is 0 Å². The summed E-state index contributed by atoms with van der Waals surface area (Å²) >= 11 is 6.06. The van der Waals surface area contributed by atoms with E-state index in [4.69, 9.17) is 11.6 Å². The SMILES string of the molecule is CCc1cc(CNC2CCCCC2CCl)n(C)n1. The Hall–Kier alpha value is -0.540. The van der Waals surface area contributed by atoms with Gasteiger partial charge < -0.3 is 5.32 Å². The number of nitrogens with one attached hydrogen (secondary N) is 1. The Morgan fingerprint density at radius 1 is 1.44 bits per heavy atom. The third-order valence-electron chi connectivity index (χ3n) is 4.04. The lowest BCUT2D eigenvalue weighted by atomic mass is 9.86. The first-order valence-corrected chi connectivity index (χ1v) is 7.59. The number of alkyl halides is 1. The minimum atomic E-state index is 0.580. The van der Waals surface area contributed by atoms with Crippen LogP contribution in [-0.4, -0.2) is 21.7 Å².